The van der Waals surface area contributed by atoms with Gasteiger partial charge in [0.15, 0.2) is 0 Å². The monoisotopic (exact) mass is 221 g/mol. The van der Waals surface area contributed by atoms with Gasteiger partial charge in [-0.3, -0.25) is 4.79 Å². The standard InChI is InChI=1S/C12H19N3O/c1-8-4-5-9(6-10(8)13)15-7-12(2,3)11(14)16/h4-6,15H,7,13H2,1-3H3,(H2,14,16). The fraction of sp³-hybridized carbons (Fsp3) is 0.417. The highest BCUT2D eigenvalue weighted by atomic mass is 16.1. The third kappa shape index (κ3) is 2.89. The lowest BCUT2D eigenvalue weighted by atomic mass is 9.92. The highest BCUT2D eigenvalue weighted by Gasteiger charge is 2.24. The summed E-state index contributed by atoms with van der Waals surface area (Å²) in [4.78, 5) is 11.1. The van der Waals surface area contributed by atoms with Crippen molar-refractivity contribution in [2.75, 3.05) is 17.6 Å². The molecule has 0 fully saturated rings. The number of carbonyl (C=O) groups is 1. The van der Waals surface area contributed by atoms with Crippen LogP contribution in [0.15, 0.2) is 18.2 Å². The average Bonchev–Trinajstić information content (AvgIpc) is 2.20. The zero-order valence-electron chi connectivity index (χ0n) is 10.0. The molecule has 0 atom stereocenters. The number of nitrogens with one attached hydrogen (secondary N) is 1. The molecule has 0 saturated heterocycles. The molecule has 0 aliphatic carbocycles. The Kier molecular flexibility index (Phi) is 3.42. The number of aryl methyl sites for hydroxylation is 1. The van der Waals surface area contributed by atoms with Crippen LogP contribution in [0.4, 0.5) is 11.4 Å². The summed E-state index contributed by atoms with van der Waals surface area (Å²) in [6.07, 6.45) is 0. The number of carbonyl (C=O) groups excluding carboxylic acids is 1. The molecule has 0 aromatic heterocycles. The van der Waals surface area contributed by atoms with E-state index in [4.69, 9.17) is 11.5 Å². The van der Waals surface area contributed by atoms with Crippen molar-refractivity contribution < 1.29 is 4.79 Å². The topological polar surface area (TPSA) is 81.1 Å². The van der Waals surface area contributed by atoms with Gasteiger partial charge in [-0.2, -0.15) is 0 Å². The Labute approximate surface area is 96.0 Å². The van der Waals surface area contributed by atoms with Gasteiger partial charge in [-0.05, 0) is 38.5 Å². The van der Waals surface area contributed by atoms with Gasteiger partial charge in [-0.15, -0.1) is 0 Å². The SMILES string of the molecule is Cc1ccc(NCC(C)(C)C(N)=O)cc1N. The first-order valence-electron chi connectivity index (χ1n) is 5.23. The van der Waals surface area contributed by atoms with Crippen LogP contribution in [0.5, 0.6) is 0 Å². The maximum atomic E-state index is 11.1. The van der Waals surface area contributed by atoms with Crippen LogP contribution in [0, 0.1) is 12.3 Å². The van der Waals surface area contributed by atoms with Crippen LogP contribution in [0.3, 0.4) is 0 Å². The summed E-state index contributed by atoms with van der Waals surface area (Å²) in [5, 5.41) is 3.15. The number of primary amides is 1. The smallest absolute Gasteiger partial charge is 0.224 e. The number of nitrogen functional groups attached to an aromatic ring is 1. The van der Waals surface area contributed by atoms with E-state index in [9.17, 15) is 4.79 Å². The molecular formula is C12H19N3O. The zero-order valence-corrected chi connectivity index (χ0v) is 10.0. The fourth-order valence-corrected chi connectivity index (χ4v) is 1.16. The molecule has 1 aromatic carbocycles. The van der Waals surface area contributed by atoms with Crippen LogP contribution in [-0.2, 0) is 4.79 Å². The Morgan fingerprint density at radius 1 is 1.44 bits per heavy atom. The van der Waals surface area contributed by atoms with Gasteiger partial charge in [0.05, 0.1) is 5.41 Å². The van der Waals surface area contributed by atoms with E-state index < -0.39 is 5.41 Å². The minimum absolute atomic E-state index is 0.319. The summed E-state index contributed by atoms with van der Waals surface area (Å²) in [5.74, 6) is -0.319. The van der Waals surface area contributed by atoms with Gasteiger partial charge >= 0.3 is 0 Å². The summed E-state index contributed by atoms with van der Waals surface area (Å²) in [6.45, 7) is 6.05. The summed E-state index contributed by atoms with van der Waals surface area (Å²) in [6, 6.07) is 5.73. The number of hydrogen-bond acceptors (Lipinski definition) is 3. The van der Waals surface area contributed by atoms with Crippen molar-refractivity contribution >= 4 is 17.3 Å². The van der Waals surface area contributed by atoms with Gasteiger partial charge in [-0.25, -0.2) is 0 Å². The second-order valence-electron chi connectivity index (χ2n) is 4.67. The highest BCUT2D eigenvalue weighted by molar-refractivity contribution is 5.80. The second kappa shape index (κ2) is 4.43. The first-order chi connectivity index (χ1) is 7.33. The van der Waals surface area contributed by atoms with Crippen LogP contribution in [0.1, 0.15) is 19.4 Å². The van der Waals surface area contributed by atoms with Crippen LogP contribution < -0.4 is 16.8 Å². The molecule has 5 N–H and O–H groups in total. The minimum atomic E-state index is -0.570. The minimum Gasteiger partial charge on any atom is -0.398 e. The number of amides is 1. The number of anilines is 2. The maximum Gasteiger partial charge on any atom is 0.224 e. The Morgan fingerprint density at radius 3 is 2.56 bits per heavy atom. The van der Waals surface area contributed by atoms with Crippen molar-refractivity contribution in [2.45, 2.75) is 20.8 Å². The molecule has 0 spiro atoms. The van der Waals surface area contributed by atoms with Crippen LogP contribution >= 0.6 is 0 Å². The number of nitrogens with two attached hydrogens (primary N) is 2. The molecule has 0 aliphatic heterocycles. The van der Waals surface area contributed by atoms with Gasteiger partial charge in [0.1, 0.15) is 0 Å². The normalized spacial score (nSPS) is 11.2. The van der Waals surface area contributed by atoms with Crippen molar-refractivity contribution in [1.82, 2.24) is 0 Å². The van der Waals surface area contributed by atoms with E-state index in [0.717, 1.165) is 16.9 Å². The van der Waals surface area contributed by atoms with E-state index in [2.05, 4.69) is 5.32 Å². The Morgan fingerprint density at radius 2 is 2.06 bits per heavy atom. The quantitative estimate of drug-likeness (QED) is 0.674. The highest BCUT2D eigenvalue weighted by Crippen LogP contribution is 2.20. The van der Waals surface area contributed by atoms with Gasteiger partial charge in [0.2, 0.25) is 5.91 Å². The molecule has 16 heavy (non-hydrogen) atoms. The maximum absolute atomic E-state index is 11.1. The van der Waals surface area contributed by atoms with Crippen LogP contribution in [0.25, 0.3) is 0 Å². The van der Waals surface area contributed by atoms with E-state index in [1.807, 2.05) is 25.1 Å². The van der Waals surface area contributed by atoms with E-state index >= 15 is 0 Å². The van der Waals surface area contributed by atoms with E-state index in [1.165, 1.54) is 0 Å². The molecule has 4 nitrogen and oxygen atoms in total. The largest absolute Gasteiger partial charge is 0.398 e. The van der Waals surface area contributed by atoms with Gasteiger partial charge in [0.25, 0.3) is 0 Å². The molecule has 0 unspecified atom stereocenters. The molecule has 1 aromatic rings. The molecule has 0 aliphatic rings. The number of hydrogen-bond donors (Lipinski definition) is 3. The van der Waals surface area contributed by atoms with E-state index in [-0.39, 0.29) is 5.91 Å². The molecule has 1 rings (SSSR count). The molecule has 1 amide bonds. The lowest BCUT2D eigenvalue weighted by Gasteiger charge is -2.21. The van der Waals surface area contributed by atoms with Gasteiger partial charge < -0.3 is 16.8 Å². The van der Waals surface area contributed by atoms with E-state index in [1.54, 1.807) is 13.8 Å². The number of rotatable bonds is 4. The Balaban J connectivity index is 2.68. The van der Waals surface area contributed by atoms with Crippen molar-refractivity contribution in [2.24, 2.45) is 11.1 Å². The molecule has 88 valence electrons. The van der Waals surface area contributed by atoms with Crippen LogP contribution in [0.2, 0.25) is 0 Å². The van der Waals surface area contributed by atoms with Crippen molar-refractivity contribution in [3.63, 3.8) is 0 Å². The second-order valence-corrected chi connectivity index (χ2v) is 4.67. The van der Waals surface area contributed by atoms with E-state index in [0.29, 0.717) is 6.54 Å². The van der Waals surface area contributed by atoms with Gasteiger partial charge in [-0.1, -0.05) is 6.07 Å². The van der Waals surface area contributed by atoms with Crippen molar-refractivity contribution in [1.29, 1.82) is 0 Å². The average molecular weight is 221 g/mol. The fourth-order valence-electron chi connectivity index (χ4n) is 1.16. The summed E-state index contributed by atoms with van der Waals surface area (Å²) in [7, 11) is 0. The lowest BCUT2D eigenvalue weighted by Crippen LogP contribution is -2.37. The molecule has 0 heterocycles. The first-order valence-corrected chi connectivity index (χ1v) is 5.23. The summed E-state index contributed by atoms with van der Waals surface area (Å²) < 4.78 is 0. The summed E-state index contributed by atoms with van der Waals surface area (Å²) >= 11 is 0. The van der Waals surface area contributed by atoms with Crippen molar-refractivity contribution in [3.05, 3.63) is 23.8 Å². The lowest BCUT2D eigenvalue weighted by molar-refractivity contribution is -0.125. The molecule has 4 heteroatoms. The third-order valence-corrected chi connectivity index (χ3v) is 2.68. The third-order valence-electron chi connectivity index (χ3n) is 2.68. The molecular weight excluding hydrogens is 202 g/mol. The predicted molar refractivity (Wildman–Crippen MR) is 67.1 cm³/mol. The Hall–Kier alpha value is -1.71. The predicted octanol–water partition coefficient (Wildman–Crippen LogP) is 1.50. The van der Waals surface area contributed by atoms with Crippen LogP contribution in [-0.4, -0.2) is 12.5 Å². The first kappa shape index (κ1) is 12.4. The van der Waals surface area contributed by atoms with Crippen molar-refractivity contribution in [3.8, 4) is 0 Å². The molecule has 0 bridgehead atoms. The summed E-state index contributed by atoms with van der Waals surface area (Å²) in [5.41, 5.74) is 13.2. The zero-order chi connectivity index (χ0) is 12.3. The van der Waals surface area contributed by atoms with Gasteiger partial charge in [0, 0.05) is 17.9 Å². The molecule has 0 radical (unpaired) electrons. The molecule has 0 saturated carbocycles. The Bertz CT molecular complexity index is 399. The number of benzene rings is 1.